The molecular formula is C17H21BrN4. The number of anilines is 4. The Morgan fingerprint density at radius 2 is 1.91 bits per heavy atom. The monoisotopic (exact) mass is 360 g/mol. The van der Waals surface area contributed by atoms with Gasteiger partial charge in [0.15, 0.2) is 5.82 Å². The molecule has 2 aromatic rings. The van der Waals surface area contributed by atoms with Gasteiger partial charge in [-0.25, -0.2) is 9.97 Å². The highest BCUT2D eigenvalue weighted by molar-refractivity contribution is 9.09. The second kappa shape index (κ2) is 6.65. The van der Waals surface area contributed by atoms with E-state index in [1.54, 1.807) is 6.33 Å². The minimum absolute atomic E-state index is 0.976. The predicted octanol–water partition coefficient (Wildman–Crippen LogP) is 4.85. The summed E-state index contributed by atoms with van der Waals surface area (Å²) in [6, 6.07) is 4.47. The maximum Gasteiger partial charge on any atom is 0.160 e. The van der Waals surface area contributed by atoms with Crippen LogP contribution in [0, 0.1) is 13.8 Å². The number of benzene rings is 1. The van der Waals surface area contributed by atoms with Crippen molar-refractivity contribution in [2.45, 2.75) is 33.1 Å². The Morgan fingerprint density at radius 3 is 2.73 bits per heavy atom. The van der Waals surface area contributed by atoms with Crippen LogP contribution in [0.15, 0.2) is 24.7 Å². The molecular weight excluding hydrogens is 340 g/mol. The largest absolute Gasteiger partial charge is 0.350 e. The average molecular weight is 361 g/mol. The minimum atomic E-state index is 0.976. The Hall–Kier alpha value is -1.62. The molecule has 2 heterocycles. The van der Waals surface area contributed by atoms with E-state index in [2.05, 4.69) is 62.1 Å². The van der Waals surface area contributed by atoms with Crippen LogP contribution in [0.2, 0.25) is 0 Å². The molecule has 5 heteroatoms. The number of fused-ring (bicyclic) bond motifs is 2. The molecule has 0 amide bonds. The molecule has 0 atom stereocenters. The second-order valence-electron chi connectivity index (χ2n) is 5.74. The number of alkyl halides is 1. The molecule has 0 radical (unpaired) electrons. The molecule has 22 heavy (non-hydrogen) atoms. The molecule has 0 fully saturated rings. The van der Waals surface area contributed by atoms with Gasteiger partial charge in [-0.15, -0.1) is 0 Å². The van der Waals surface area contributed by atoms with Crippen LogP contribution in [-0.2, 0) is 0 Å². The summed E-state index contributed by atoms with van der Waals surface area (Å²) in [5.41, 5.74) is 5.95. The van der Waals surface area contributed by atoms with Crippen LogP contribution in [0.3, 0.4) is 0 Å². The van der Waals surface area contributed by atoms with Gasteiger partial charge >= 0.3 is 0 Å². The van der Waals surface area contributed by atoms with Gasteiger partial charge in [-0.2, -0.15) is 0 Å². The van der Waals surface area contributed by atoms with Gasteiger partial charge in [0.2, 0.25) is 0 Å². The third-order valence-electron chi connectivity index (χ3n) is 4.13. The summed E-state index contributed by atoms with van der Waals surface area (Å²) in [5.74, 6) is 0.976. The second-order valence-corrected chi connectivity index (χ2v) is 6.53. The SMILES string of the molecule is Cc1cc2c(cc1C)N(CCCCCBr)c1ncncc1N2. The average Bonchev–Trinajstić information content (AvgIpc) is 2.52. The Morgan fingerprint density at radius 1 is 1.09 bits per heavy atom. The number of rotatable bonds is 5. The highest BCUT2D eigenvalue weighted by Gasteiger charge is 2.24. The number of aromatic nitrogens is 2. The molecule has 0 bridgehead atoms. The lowest BCUT2D eigenvalue weighted by molar-refractivity contribution is 0.718. The zero-order valence-electron chi connectivity index (χ0n) is 13.1. The van der Waals surface area contributed by atoms with Crippen molar-refractivity contribution in [2.24, 2.45) is 0 Å². The van der Waals surface area contributed by atoms with Crippen molar-refractivity contribution in [3.63, 3.8) is 0 Å². The third-order valence-corrected chi connectivity index (χ3v) is 4.70. The van der Waals surface area contributed by atoms with Gasteiger partial charge in [-0.05, 0) is 49.9 Å². The molecule has 3 rings (SSSR count). The Kier molecular flexibility index (Phi) is 4.62. The summed E-state index contributed by atoms with van der Waals surface area (Å²) < 4.78 is 0. The quantitative estimate of drug-likeness (QED) is 0.610. The zero-order chi connectivity index (χ0) is 15.5. The molecule has 0 unspecified atom stereocenters. The highest BCUT2D eigenvalue weighted by Crippen LogP contribution is 2.43. The molecule has 0 spiro atoms. The predicted molar refractivity (Wildman–Crippen MR) is 95.9 cm³/mol. The first-order valence-electron chi connectivity index (χ1n) is 7.72. The molecule has 1 N–H and O–H groups in total. The van der Waals surface area contributed by atoms with Gasteiger partial charge in [0, 0.05) is 11.9 Å². The first kappa shape index (κ1) is 15.3. The lowest BCUT2D eigenvalue weighted by atomic mass is 10.0. The van der Waals surface area contributed by atoms with E-state index >= 15 is 0 Å². The van der Waals surface area contributed by atoms with Crippen molar-refractivity contribution in [3.8, 4) is 0 Å². The summed E-state index contributed by atoms with van der Waals surface area (Å²) in [6.07, 6.45) is 7.06. The number of unbranched alkanes of at least 4 members (excludes halogenated alkanes) is 2. The first-order valence-corrected chi connectivity index (χ1v) is 8.84. The van der Waals surface area contributed by atoms with Gasteiger partial charge in [0.25, 0.3) is 0 Å². The van der Waals surface area contributed by atoms with Crippen LogP contribution in [0.5, 0.6) is 0 Å². The summed E-state index contributed by atoms with van der Waals surface area (Å²) >= 11 is 3.50. The minimum Gasteiger partial charge on any atom is -0.350 e. The fourth-order valence-electron chi connectivity index (χ4n) is 2.78. The van der Waals surface area contributed by atoms with Crippen LogP contribution in [0.4, 0.5) is 22.9 Å². The fourth-order valence-corrected chi connectivity index (χ4v) is 3.17. The molecule has 116 valence electrons. The van der Waals surface area contributed by atoms with Gasteiger partial charge in [0.05, 0.1) is 17.6 Å². The molecule has 1 aliphatic heterocycles. The molecule has 1 aromatic carbocycles. The maximum atomic E-state index is 4.49. The van der Waals surface area contributed by atoms with E-state index < -0.39 is 0 Å². The van der Waals surface area contributed by atoms with E-state index in [0.717, 1.165) is 35.5 Å². The van der Waals surface area contributed by atoms with E-state index in [1.807, 2.05) is 6.20 Å². The lowest BCUT2D eigenvalue weighted by Gasteiger charge is -2.33. The summed E-state index contributed by atoms with van der Waals surface area (Å²) in [4.78, 5) is 11.0. The van der Waals surface area contributed by atoms with E-state index in [-0.39, 0.29) is 0 Å². The van der Waals surface area contributed by atoms with E-state index in [1.165, 1.54) is 29.7 Å². The van der Waals surface area contributed by atoms with E-state index in [0.29, 0.717) is 0 Å². The fraction of sp³-hybridized carbons (Fsp3) is 0.412. The number of nitrogens with one attached hydrogen (secondary N) is 1. The van der Waals surface area contributed by atoms with Crippen molar-refractivity contribution < 1.29 is 0 Å². The number of hydrogen-bond acceptors (Lipinski definition) is 4. The molecule has 0 saturated heterocycles. The number of hydrogen-bond donors (Lipinski definition) is 1. The summed E-state index contributed by atoms with van der Waals surface area (Å²) in [5, 5.41) is 4.54. The zero-order valence-corrected chi connectivity index (χ0v) is 14.7. The third kappa shape index (κ3) is 2.95. The van der Waals surface area contributed by atoms with Crippen LogP contribution in [0.1, 0.15) is 30.4 Å². The molecule has 1 aromatic heterocycles. The molecule has 4 nitrogen and oxygen atoms in total. The summed E-state index contributed by atoms with van der Waals surface area (Å²) in [6.45, 7) is 5.29. The topological polar surface area (TPSA) is 41.1 Å². The van der Waals surface area contributed by atoms with Gasteiger partial charge in [-0.3, -0.25) is 0 Å². The normalized spacial score (nSPS) is 12.6. The van der Waals surface area contributed by atoms with Gasteiger partial charge in [0.1, 0.15) is 12.0 Å². The number of halogens is 1. The Labute approximate surface area is 140 Å². The summed E-state index contributed by atoms with van der Waals surface area (Å²) in [7, 11) is 0. The van der Waals surface area contributed by atoms with Crippen molar-refractivity contribution in [3.05, 3.63) is 35.8 Å². The van der Waals surface area contributed by atoms with Crippen LogP contribution < -0.4 is 10.2 Å². The van der Waals surface area contributed by atoms with Crippen molar-refractivity contribution >= 4 is 38.8 Å². The van der Waals surface area contributed by atoms with Crippen molar-refractivity contribution in [2.75, 3.05) is 22.1 Å². The van der Waals surface area contributed by atoms with E-state index in [9.17, 15) is 0 Å². The Bertz CT molecular complexity index is 672. The Balaban J connectivity index is 1.94. The standard InChI is InChI=1S/C17H21BrN4/c1-12-8-14-16(9-13(12)2)22(7-5-3-4-6-18)17-15(21-14)10-19-11-20-17/h8-11,21H,3-7H2,1-2H3. The van der Waals surface area contributed by atoms with Crippen molar-refractivity contribution in [1.82, 2.24) is 9.97 Å². The van der Waals surface area contributed by atoms with E-state index in [4.69, 9.17) is 0 Å². The van der Waals surface area contributed by atoms with Crippen LogP contribution in [-0.4, -0.2) is 21.8 Å². The number of aryl methyl sites for hydroxylation is 2. The lowest BCUT2D eigenvalue weighted by Crippen LogP contribution is -2.25. The maximum absolute atomic E-state index is 4.49. The molecule has 0 aliphatic carbocycles. The van der Waals surface area contributed by atoms with Crippen molar-refractivity contribution in [1.29, 1.82) is 0 Å². The van der Waals surface area contributed by atoms with Crippen LogP contribution >= 0.6 is 15.9 Å². The van der Waals surface area contributed by atoms with Gasteiger partial charge in [-0.1, -0.05) is 22.4 Å². The smallest absolute Gasteiger partial charge is 0.160 e. The van der Waals surface area contributed by atoms with Crippen LogP contribution in [0.25, 0.3) is 0 Å². The number of nitrogens with zero attached hydrogens (tertiary/aromatic N) is 3. The highest BCUT2D eigenvalue weighted by atomic mass is 79.9. The molecule has 1 aliphatic rings. The first-order chi connectivity index (χ1) is 10.7. The van der Waals surface area contributed by atoms with Gasteiger partial charge < -0.3 is 10.2 Å². The molecule has 0 saturated carbocycles.